The number of amides is 1. The first-order chi connectivity index (χ1) is 10.0. The Kier molecular flexibility index (Phi) is 5.14. The van der Waals surface area contributed by atoms with Crippen molar-refractivity contribution in [2.24, 2.45) is 5.73 Å². The zero-order chi connectivity index (χ0) is 15.4. The lowest BCUT2D eigenvalue weighted by atomic mass is 10.1. The maximum atomic E-state index is 13.9. The number of hydrogen-bond donors (Lipinski definition) is 2. The van der Waals surface area contributed by atoms with Crippen LogP contribution in [0, 0.1) is 5.82 Å². The van der Waals surface area contributed by atoms with Crippen LogP contribution >= 0.6 is 0 Å². The molecule has 1 atom stereocenters. The second kappa shape index (κ2) is 6.87. The average Bonchev–Trinajstić information content (AvgIpc) is 2.46. The van der Waals surface area contributed by atoms with Crippen LogP contribution in [-0.2, 0) is 16.1 Å². The lowest BCUT2D eigenvalue weighted by Crippen LogP contribution is -2.55. The van der Waals surface area contributed by atoms with E-state index in [-0.39, 0.29) is 24.3 Å². The topological polar surface area (TPSA) is 67.6 Å². The molecule has 2 rings (SSSR count). The van der Waals surface area contributed by atoms with Crippen LogP contribution in [0.4, 0.5) is 10.1 Å². The van der Waals surface area contributed by atoms with Crippen molar-refractivity contribution in [3.63, 3.8) is 0 Å². The van der Waals surface area contributed by atoms with Crippen molar-refractivity contribution < 1.29 is 13.9 Å². The number of ether oxygens (including phenoxy) is 1. The van der Waals surface area contributed by atoms with Gasteiger partial charge >= 0.3 is 0 Å². The Morgan fingerprint density at radius 1 is 1.57 bits per heavy atom. The molecule has 0 radical (unpaired) electrons. The fourth-order valence-corrected chi connectivity index (χ4v) is 2.39. The molecule has 1 aromatic rings. The molecule has 3 N–H and O–H groups in total. The maximum absolute atomic E-state index is 13.9. The number of hydrogen-bond acceptors (Lipinski definition) is 4. The van der Waals surface area contributed by atoms with Gasteiger partial charge in [-0.05, 0) is 26.0 Å². The Hall–Kier alpha value is -1.66. The molecule has 1 heterocycles. The molecule has 0 saturated carbocycles. The number of nitrogens with one attached hydrogen (secondary N) is 1. The van der Waals surface area contributed by atoms with E-state index in [1.54, 1.807) is 12.1 Å². The Morgan fingerprint density at radius 3 is 2.95 bits per heavy atom. The van der Waals surface area contributed by atoms with Crippen LogP contribution in [-0.4, -0.2) is 37.7 Å². The van der Waals surface area contributed by atoms with E-state index in [0.717, 1.165) is 0 Å². The van der Waals surface area contributed by atoms with Crippen molar-refractivity contribution >= 4 is 11.6 Å². The third-order valence-electron chi connectivity index (χ3n) is 3.45. The van der Waals surface area contributed by atoms with Crippen molar-refractivity contribution in [1.82, 2.24) is 5.32 Å². The maximum Gasteiger partial charge on any atom is 0.245 e. The summed E-state index contributed by atoms with van der Waals surface area (Å²) in [5.74, 6) is -0.447. The summed E-state index contributed by atoms with van der Waals surface area (Å²) < 4.78 is 19.3. The van der Waals surface area contributed by atoms with Gasteiger partial charge in [0.05, 0.1) is 13.2 Å². The van der Waals surface area contributed by atoms with Gasteiger partial charge in [0.25, 0.3) is 0 Å². The molecule has 0 spiro atoms. The minimum atomic E-state index is -0.440. The Morgan fingerprint density at radius 2 is 2.33 bits per heavy atom. The number of benzene rings is 1. The van der Waals surface area contributed by atoms with Crippen LogP contribution in [0.5, 0.6) is 0 Å². The molecule has 1 aliphatic heterocycles. The largest absolute Gasteiger partial charge is 0.377 e. The van der Waals surface area contributed by atoms with Crippen molar-refractivity contribution in [3.05, 3.63) is 29.6 Å². The molecule has 1 unspecified atom stereocenters. The molecule has 0 aromatic heterocycles. The van der Waals surface area contributed by atoms with Gasteiger partial charge in [-0.2, -0.15) is 0 Å². The highest BCUT2D eigenvalue weighted by Crippen LogP contribution is 2.22. The van der Waals surface area contributed by atoms with Gasteiger partial charge in [0.2, 0.25) is 5.91 Å². The number of morpholine rings is 1. The van der Waals surface area contributed by atoms with E-state index in [2.05, 4.69) is 5.32 Å². The summed E-state index contributed by atoms with van der Waals surface area (Å²) >= 11 is 0. The molecule has 1 aliphatic rings. The van der Waals surface area contributed by atoms with E-state index in [1.807, 2.05) is 18.7 Å². The highest BCUT2D eigenvalue weighted by Gasteiger charge is 2.30. The molecule has 1 amide bonds. The standard InChI is InChI=1S/C15H22FN3O2/c1-10(2)18-15(20)14-9-21-6-5-19(14)12-4-3-11(8-17)13(16)7-12/h3-4,7,10,14H,5-6,8-9,17H2,1-2H3,(H,18,20). The number of halogens is 1. The zero-order valence-corrected chi connectivity index (χ0v) is 12.4. The van der Waals surface area contributed by atoms with E-state index in [1.165, 1.54) is 6.07 Å². The molecule has 6 heteroatoms. The monoisotopic (exact) mass is 295 g/mol. The number of nitrogens with zero attached hydrogens (tertiary/aromatic N) is 1. The first-order valence-corrected chi connectivity index (χ1v) is 7.16. The first-order valence-electron chi connectivity index (χ1n) is 7.16. The molecule has 1 saturated heterocycles. The van der Waals surface area contributed by atoms with Crippen LogP contribution in [0.2, 0.25) is 0 Å². The number of rotatable bonds is 4. The summed E-state index contributed by atoms with van der Waals surface area (Å²) in [5, 5.41) is 2.88. The molecule has 116 valence electrons. The van der Waals surface area contributed by atoms with Crippen LogP contribution in [0.25, 0.3) is 0 Å². The molecule has 0 aliphatic carbocycles. The van der Waals surface area contributed by atoms with Crippen molar-refractivity contribution in [2.45, 2.75) is 32.5 Å². The van der Waals surface area contributed by atoms with E-state index >= 15 is 0 Å². The predicted molar refractivity (Wildman–Crippen MR) is 79.5 cm³/mol. The van der Waals surface area contributed by atoms with E-state index in [0.29, 0.717) is 31.0 Å². The second-order valence-corrected chi connectivity index (χ2v) is 5.43. The fourth-order valence-electron chi connectivity index (χ4n) is 2.39. The summed E-state index contributed by atoms with van der Waals surface area (Å²) in [6.45, 7) is 5.35. The minimum Gasteiger partial charge on any atom is -0.377 e. The lowest BCUT2D eigenvalue weighted by Gasteiger charge is -2.36. The Balaban J connectivity index is 2.22. The molecular weight excluding hydrogens is 273 g/mol. The number of anilines is 1. The van der Waals surface area contributed by atoms with Crippen molar-refractivity contribution in [3.8, 4) is 0 Å². The third-order valence-corrected chi connectivity index (χ3v) is 3.45. The molecule has 5 nitrogen and oxygen atoms in total. The summed E-state index contributed by atoms with van der Waals surface area (Å²) in [4.78, 5) is 14.1. The fraction of sp³-hybridized carbons (Fsp3) is 0.533. The van der Waals surface area contributed by atoms with Gasteiger partial charge in [0, 0.05) is 30.4 Å². The normalized spacial score (nSPS) is 18.9. The second-order valence-electron chi connectivity index (χ2n) is 5.43. The molecular formula is C15H22FN3O2. The van der Waals surface area contributed by atoms with Gasteiger partial charge in [-0.25, -0.2) is 4.39 Å². The van der Waals surface area contributed by atoms with E-state index in [9.17, 15) is 9.18 Å². The molecule has 21 heavy (non-hydrogen) atoms. The molecule has 0 bridgehead atoms. The Labute approximate surface area is 124 Å². The van der Waals surface area contributed by atoms with Gasteiger partial charge in [-0.3, -0.25) is 4.79 Å². The van der Waals surface area contributed by atoms with Crippen LogP contribution < -0.4 is 16.0 Å². The smallest absolute Gasteiger partial charge is 0.245 e. The van der Waals surface area contributed by atoms with Crippen LogP contribution in [0.15, 0.2) is 18.2 Å². The van der Waals surface area contributed by atoms with Gasteiger partial charge in [0.15, 0.2) is 0 Å². The SMILES string of the molecule is CC(C)NC(=O)C1COCCN1c1ccc(CN)c(F)c1. The summed E-state index contributed by atoms with van der Waals surface area (Å²) in [7, 11) is 0. The van der Waals surface area contributed by atoms with Gasteiger partial charge < -0.3 is 20.7 Å². The quantitative estimate of drug-likeness (QED) is 0.870. The zero-order valence-electron chi connectivity index (χ0n) is 12.4. The first kappa shape index (κ1) is 15.7. The van der Waals surface area contributed by atoms with E-state index < -0.39 is 6.04 Å². The van der Waals surface area contributed by atoms with Gasteiger partial charge in [-0.15, -0.1) is 0 Å². The lowest BCUT2D eigenvalue weighted by molar-refractivity contribution is -0.125. The van der Waals surface area contributed by atoms with Gasteiger partial charge in [-0.1, -0.05) is 6.07 Å². The summed E-state index contributed by atoms with van der Waals surface area (Å²) in [6, 6.07) is 4.51. The van der Waals surface area contributed by atoms with Gasteiger partial charge in [0.1, 0.15) is 11.9 Å². The summed E-state index contributed by atoms with van der Waals surface area (Å²) in [5.41, 5.74) is 6.62. The van der Waals surface area contributed by atoms with Crippen LogP contribution in [0.1, 0.15) is 19.4 Å². The third kappa shape index (κ3) is 3.71. The van der Waals surface area contributed by atoms with E-state index in [4.69, 9.17) is 10.5 Å². The van der Waals surface area contributed by atoms with Crippen LogP contribution in [0.3, 0.4) is 0 Å². The minimum absolute atomic E-state index is 0.0534. The number of carbonyl (C=O) groups excluding carboxylic acids is 1. The number of carbonyl (C=O) groups is 1. The molecule has 1 fully saturated rings. The highest BCUT2D eigenvalue weighted by molar-refractivity contribution is 5.85. The Bertz CT molecular complexity index is 508. The van der Waals surface area contributed by atoms with Crippen molar-refractivity contribution in [1.29, 1.82) is 0 Å². The predicted octanol–water partition coefficient (Wildman–Crippen LogP) is 1.01. The highest BCUT2D eigenvalue weighted by atomic mass is 19.1. The average molecular weight is 295 g/mol. The molecule has 1 aromatic carbocycles. The summed E-state index contributed by atoms with van der Waals surface area (Å²) in [6.07, 6.45) is 0. The number of nitrogens with two attached hydrogens (primary N) is 1. The van der Waals surface area contributed by atoms with Crippen molar-refractivity contribution in [2.75, 3.05) is 24.7 Å².